The molecule has 0 aliphatic heterocycles. The first-order valence-corrected chi connectivity index (χ1v) is 7.10. The Morgan fingerprint density at radius 1 is 1.29 bits per heavy atom. The van der Waals surface area contributed by atoms with E-state index in [0.717, 1.165) is 23.8 Å². The Kier molecular flexibility index (Phi) is 3.68. The molecule has 4 nitrogen and oxygen atoms in total. The molecule has 0 unspecified atom stereocenters. The standard InChI is InChI=1S/C12H22N4S/c1-12(2,3)10-15-11(17-16-10)14-9-7-5-4-6-8(9)13/h8-9H,4-7,13H2,1-3H3,(H,14,15,16)/t8-,9-/m1/s1. The second-order valence-corrected chi connectivity index (χ2v) is 6.62. The third-order valence-electron chi connectivity index (χ3n) is 3.23. The van der Waals surface area contributed by atoms with Crippen molar-refractivity contribution in [3.8, 4) is 0 Å². The van der Waals surface area contributed by atoms with Gasteiger partial charge in [-0.2, -0.15) is 4.37 Å². The van der Waals surface area contributed by atoms with Crippen molar-refractivity contribution < 1.29 is 0 Å². The van der Waals surface area contributed by atoms with Gasteiger partial charge in [-0.25, -0.2) is 4.98 Å². The Bertz CT molecular complexity index is 369. The lowest BCUT2D eigenvalue weighted by Crippen LogP contribution is -2.42. The average Bonchev–Trinajstić information content (AvgIpc) is 2.69. The molecular formula is C12H22N4S. The lowest BCUT2D eigenvalue weighted by atomic mass is 9.91. The topological polar surface area (TPSA) is 63.8 Å². The van der Waals surface area contributed by atoms with Crippen LogP contribution in [0, 0.1) is 0 Å². The van der Waals surface area contributed by atoms with Gasteiger partial charge in [-0.15, -0.1) is 0 Å². The lowest BCUT2D eigenvalue weighted by Gasteiger charge is -2.28. The van der Waals surface area contributed by atoms with E-state index in [-0.39, 0.29) is 11.5 Å². The molecule has 0 bridgehead atoms. The monoisotopic (exact) mass is 254 g/mol. The first-order chi connectivity index (χ1) is 7.97. The van der Waals surface area contributed by atoms with E-state index in [0.29, 0.717) is 6.04 Å². The van der Waals surface area contributed by atoms with E-state index in [1.807, 2.05) is 0 Å². The summed E-state index contributed by atoms with van der Waals surface area (Å²) in [5.74, 6) is 0.911. The largest absolute Gasteiger partial charge is 0.356 e. The van der Waals surface area contributed by atoms with Crippen LogP contribution in [0.25, 0.3) is 0 Å². The van der Waals surface area contributed by atoms with Crippen LogP contribution in [0.2, 0.25) is 0 Å². The van der Waals surface area contributed by atoms with Crippen LogP contribution in [0.5, 0.6) is 0 Å². The smallest absolute Gasteiger partial charge is 0.202 e. The van der Waals surface area contributed by atoms with Crippen molar-refractivity contribution in [1.82, 2.24) is 9.36 Å². The van der Waals surface area contributed by atoms with Gasteiger partial charge >= 0.3 is 0 Å². The Morgan fingerprint density at radius 3 is 2.59 bits per heavy atom. The highest BCUT2D eigenvalue weighted by Crippen LogP contribution is 2.25. The van der Waals surface area contributed by atoms with E-state index in [2.05, 4.69) is 35.4 Å². The molecular weight excluding hydrogens is 232 g/mol. The van der Waals surface area contributed by atoms with E-state index in [4.69, 9.17) is 5.73 Å². The van der Waals surface area contributed by atoms with Gasteiger partial charge in [0, 0.05) is 29.0 Å². The summed E-state index contributed by atoms with van der Waals surface area (Å²) in [5, 5.41) is 4.36. The van der Waals surface area contributed by atoms with E-state index in [1.165, 1.54) is 24.4 Å². The summed E-state index contributed by atoms with van der Waals surface area (Å²) in [5.41, 5.74) is 6.13. The molecule has 1 aliphatic rings. The summed E-state index contributed by atoms with van der Waals surface area (Å²) in [6, 6.07) is 0.621. The zero-order valence-electron chi connectivity index (χ0n) is 10.9. The van der Waals surface area contributed by atoms with E-state index >= 15 is 0 Å². The van der Waals surface area contributed by atoms with Crippen molar-refractivity contribution in [2.75, 3.05) is 5.32 Å². The number of nitrogens with zero attached hydrogens (tertiary/aromatic N) is 2. The molecule has 0 amide bonds. The van der Waals surface area contributed by atoms with Crippen LogP contribution in [-0.4, -0.2) is 21.4 Å². The van der Waals surface area contributed by atoms with Gasteiger partial charge in [0.25, 0.3) is 0 Å². The minimum Gasteiger partial charge on any atom is -0.356 e. The Labute approximate surface area is 107 Å². The molecule has 96 valence electrons. The summed E-state index contributed by atoms with van der Waals surface area (Å²) >= 11 is 1.44. The fourth-order valence-corrected chi connectivity index (χ4v) is 2.90. The van der Waals surface area contributed by atoms with Crippen LogP contribution in [0.1, 0.15) is 52.3 Å². The molecule has 0 saturated heterocycles. The molecule has 0 aromatic carbocycles. The Morgan fingerprint density at radius 2 is 2.00 bits per heavy atom. The van der Waals surface area contributed by atoms with Gasteiger partial charge in [0.15, 0.2) is 0 Å². The van der Waals surface area contributed by atoms with Gasteiger partial charge in [-0.05, 0) is 12.8 Å². The molecule has 2 rings (SSSR count). The third-order valence-corrected chi connectivity index (χ3v) is 3.87. The van der Waals surface area contributed by atoms with Crippen LogP contribution >= 0.6 is 11.5 Å². The quantitative estimate of drug-likeness (QED) is 0.851. The minimum absolute atomic E-state index is 0.0190. The Balaban J connectivity index is 2.01. The molecule has 1 saturated carbocycles. The van der Waals surface area contributed by atoms with Gasteiger partial charge in [0.05, 0.1) is 0 Å². The SMILES string of the molecule is CC(C)(C)c1nsc(N[C@@H]2CCCC[C@H]2N)n1. The van der Waals surface area contributed by atoms with E-state index in [1.54, 1.807) is 0 Å². The van der Waals surface area contributed by atoms with Crippen molar-refractivity contribution in [2.45, 2.75) is 64.0 Å². The van der Waals surface area contributed by atoms with Gasteiger partial charge in [-0.3, -0.25) is 0 Å². The summed E-state index contributed by atoms with van der Waals surface area (Å²) in [4.78, 5) is 4.55. The number of anilines is 1. The molecule has 1 heterocycles. The second kappa shape index (κ2) is 4.90. The molecule has 0 spiro atoms. The number of hydrogen-bond donors (Lipinski definition) is 2. The van der Waals surface area contributed by atoms with Crippen molar-refractivity contribution in [2.24, 2.45) is 5.73 Å². The fourth-order valence-electron chi connectivity index (χ4n) is 2.08. The van der Waals surface area contributed by atoms with Gasteiger partial charge in [-0.1, -0.05) is 33.6 Å². The number of nitrogens with two attached hydrogens (primary N) is 1. The molecule has 2 atom stereocenters. The number of nitrogens with one attached hydrogen (secondary N) is 1. The van der Waals surface area contributed by atoms with Crippen LogP contribution < -0.4 is 11.1 Å². The summed E-state index contributed by atoms with van der Waals surface area (Å²) < 4.78 is 4.41. The fraction of sp³-hybridized carbons (Fsp3) is 0.833. The molecule has 1 aromatic rings. The summed E-state index contributed by atoms with van der Waals surface area (Å²) in [6.07, 6.45) is 4.77. The average molecular weight is 254 g/mol. The predicted molar refractivity (Wildman–Crippen MR) is 72.5 cm³/mol. The maximum absolute atomic E-state index is 6.11. The van der Waals surface area contributed by atoms with Gasteiger partial charge in [0.2, 0.25) is 5.13 Å². The second-order valence-electron chi connectivity index (χ2n) is 5.87. The van der Waals surface area contributed by atoms with E-state index in [9.17, 15) is 0 Å². The number of aromatic nitrogens is 2. The molecule has 3 N–H and O–H groups in total. The minimum atomic E-state index is 0.0190. The zero-order chi connectivity index (χ0) is 12.5. The summed E-state index contributed by atoms with van der Waals surface area (Å²) in [6.45, 7) is 6.39. The van der Waals surface area contributed by atoms with Crippen LogP contribution in [0.3, 0.4) is 0 Å². The summed E-state index contributed by atoms with van der Waals surface area (Å²) in [7, 11) is 0. The van der Waals surface area contributed by atoms with Gasteiger partial charge in [0.1, 0.15) is 5.82 Å². The first kappa shape index (κ1) is 12.8. The van der Waals surface area contributed by atoms with Crippen LogP contribution in [-0.2, 0) is 5.41 Å². The highest BCUT2D eigenvalue weighted by molar-refractivity contribution is 7.09. The maximum Gasteiger partial charge on any atom is 0.202 e. The molecule has 17 heavy (non-hydrogen) atoms. The molecule has 1 aromatic heterocycles. The molecule has 0 radical (unpaired) electrons. The molecule has 1 aliphatic carbocycles. The van der Waals surface area contributed by atoms with Crippen LogP contribution in [0.15, 0.2) is 0 Å². The number of hydrogen-bond acceptors (Lipinski definition) is 5. The highest BCUT2D eigenvalue weighted by atomic mass is 32.1. The lowest BCUT2D eigenvalue weighted by molar-refractivity contribution is 0.404. The molecule has 1 fully saturated rings. The van der Waals surface area contributed by atoms with Crippen molar-refractivity contribution >= 4 is 16.7 Å². The molecule has 5 heteroatoms. The third kappa shape index (κ3) is 3.16. The van der Waals surface area contributed by atoms with Crippen molar-refractivity contribution in [3.05, 3.63) is 5.82 Å². The highest BCUT2D eigenvalue weighted by Gasteiger charge is 2.24. The van der Waals surface area contributed by atoms with Crippen molar-refractivity contribution in [3.63, 3.8) is 0 Å². The predicted octanol–water partition coefficient (Wildman–Crippen LogP) is 2.52. The van der Waals surface area contributed by atoms with Crippen LogP contribution in [0.4, 0.5) is 5.13 Å². The Hall–Kier alpha value is -0.680. The zero-order valence-corrected chi connectivity index (χ0v) is 11.7. The van der Waals surface area contributed by atoms with Gasteiger partial charge < -0.3 is 11.1 Å². The first-order valence-electron chi connectivity index (χ1n) is 6.33. The number of rotatable bonds is 2. The normalized spacial score (nSPS) is 25.9. The van der Waals surface area contributed by atoms with E-state index < -0.39 is 0 Å². The van der Waals surface area contributed by atoms with Crippen molar-refractivity contribution in [1.29, 1.82) is 0 Å². The maximum atomic E-state index is 6.11.